The maximum Gasteiger partial charge on any atom is 0.0890 e. The second-order valence-electron chi connectivity index (χ2n) is 4.86. The Labute approximate surface area is 112 Å². The summed E-state index contributed by atoms with van der Waals surface area (Å²) in [5.41, 5.74) is 8.17. The van der Waals surface area contributed by atoms with Crippen molar-refractivity contribution in [3.05, 3.63) is 52.0 Å². The van der Waals surface area contributed by atoms with Crippen molar-refractivity contribution in [3.63, 3.8) is 0 Å². The smallest absolute Gasteiger partial charge is 0.0890 e. The Bertz CT molecular complexity index is 480. The van der Waals surface area contributed by atoms with E-state index in [4.69, 9.17) is 5.84 Å². The molecule has 0 spiro atoms. The van der Waals surface area contributed by atoms with Gasteiger partial charge in [0.1, 0.15) is 0 Å². The number of hydrazine groups is 1. The van der Waals surface area contributed by atoms with Crippen molar-refractivity contribution in [1.29, 1.82) is 0 Å². The van der Waals surface area contributed by atoms with Gasteiger partial charge < -0.3 is 0 Å². The van der Waals surface area contributed by atoms with Crippen LogP contribution in [0.1, 0.15) is 36.7 Å². The molecule has 1 unspecified atom stereocenters. The van der Waals surface area contributed by atoms with Crippen molar-refractivity contribution >= 4 is 11.3 Å². The summed E-state index contributed by atoms with van der Waals surface area (Å²) < 4.78 is 0. The second kappa shape index (κ2) is 6.09. The molecule has 3 nitrogen and oxygen atoms in total. The molecule has 1 atom stereocenters. The van der Waals surface area contributed by atoms with Crippen LogP contribution in [0.4, 0.5) is 0 Å². The van der Waals surface area contributed by atoms with E-state index in [1.807, 2.05) is 10.9 Å². The molecule has 0 amide bonds. The molecule has 0 aliphatic rings. The third kappa shape index (κ3) is 3.16. The third-order valence-electron chi connectivity index (χ3n) is 2.84. The molecule has 1 aromatic heterocycles. The van der Waals surface area contributed by atoms with Crippen LogP contribution in [0.15, 0.2) is 35.2 Å². The van der Waals surface area contributed by atoms with Crippen molar-refractivity contribution < 1.29 is 0 Å². The zero-order valence-corrected chi connectivity index (χ0v) is 11.6. The minimum Gasteiger partial charge on any atom is -0.271 e. The van der Waals surface area contributed by atoms with Crippen LogP contribution in [0.3, 0.4) is 0 Å². The Morgan fingerprint density at radius 1 is 1.39 bits per heavy atom. The number of hydrogen-bond acceptors (Lipinski definition) is 4. The molecule has 4 heteroatoms. The summed E-state index contributed by atoms with van der Waals surface area (Å²) in [4.78, 5) is 4.33. The third-order valence-corrected chi connectivity index (χ3v) is 3.45. The Morgan fingerprint density at radius 2 is 2.22 bits per heavy atom. The maximum atomic E-state index is 5.66. The summed E-state index contributed by atoms with van der Waals surface area (Å²) in [7, 11) is 0. The Kier molecular flexibility index (Phi) is 4.47. The molecule has 18 heavy (non-hydrogen) atoms. The van der Waals surface area contributed by atoms with Crippen LogP contribution in [0.5, 0.6) is 0 Å². The molecule has 2 rings (SSSR count). The fourth-order valence-electron chi connectivity index (χ4n) is 2.09. The van der Waals surface area contributed by atoms with Gasteiger partial charge in [0.15, 0.2) is 0 Å². The van der Waals surface area contributed by atoms with Gasteiger partial charge in [0.05, 0.1) is 17.2 Å². The molecule has 3 N–H and O–H groups in total. The number of rotatable bonds is 5. The normalized spacial score (nSPS) is 12.9. The summed E-state index contributed by atoms with van der Waals surface area (Å²) >= 11 is 1.59. The van der Waals surface area contributed by atoms with Crippen LogP contribution < -0.4 is 11.3 Å². The van der Waals surface area contributed by atoms with Crippen molar-refractivity contribution in [2.75, 3.05) is 0 Å². The maximum absolute atomic E-state index is 5.66. The van der Waals surface area contributed by atoms with E-state index in [-0.39, 0.29) is 6.04 Å². The van der Waals surface area contributed by atoms with Crippen LogP contribution in [0.2, 0.25) is 0 Å². The summed E-state index contributed by atoms with van der Waals surface area (Å²) in [6.45, 7) is 4.46. The molecule has 0 fully saturated rings. The summed E-state index contributed by atoms with van der Waals surface area (Å²) in [6.07, 6.45) is 1.09. The van der Waals surface area contributed by atoms with Gasteiger partial charge in [-0.05, 0) is 23.5 Å². The first-order valence-electron chi connectivity index (χ1n) is 6.13. The lowest BCUT2D eigenvalue weighted by atomic mass is 9.97. The highest BCUT2D eigenvalue weighted by Gasteiger charge is 2.14. The summed E-state index contributed by atoms with van der Waals surface area (Å²) in [5, 5.41) is 2.03. The lowest BCUT2D eigenvalue weighted by Crippen LogP contribution is -2.29. The zero-order chi connectivity index (χ0) is 13.0. The molecule has 0 saturated carbocycles. The fourth-order valence-corrected chi connectivity index (χ4v) is 2.67. The number of nitrogens with two attached hydrogens (primary N) is 1. The largest absolute Gasteiger partial charge is 0.271 e. The summed E-state index contributed by atoms with van der Waals surface area (Å²) in [5.74, 6) is 6.32. The predicted octanol–water partition coefficient (Wildman–Crippen LogP) is 2.89. The van der Waals surface area contributed by atoms with Gasteiger partial charge in [-0.1, -0.05) is 38.1 Å². The van der Waals surface area contributed by atoms with Gasteiger partial charge in [0.2, 0.25) is 0 Å². The average molecular weight is 261 g/mol. The number of nitrogens with one attached hydrogen (secondary N) is 1. The van der Waals surface area contributed by atoms with E-state index in [1.54, 1.807) is 11.3 Å². The minimum absolute atomic E-state index is 0.0247. The van der Waals surface area contributed by atoms with E-state index < -0.39 is 0 Å². The molecule has 0 aliphatic carbocycles. The monoisotopic (exact) mass is 261 g/mol. The summed E-state index contributed by atoms with van der Waals surface area (Å²) in [6, 6.07) is 8.53. The lowest BCUT2D eigenvalue weighted by molar-refractivity contribution is 0.618. The minimum atomic E-state index is -0.0247. The molecule has 0 aliphatic heterocycles. The first-order chi connectivity index (χ1) is 8.70. The average Bonchev–Trinajstić information content (AvgIpc) is 2.83. The first kappa shape index (κ1) is 13.2. The Hall–Kier alpha value is -1.23. The van der Waals surface area contributed by atoms with Crippen molar-refractivity contribution in [2.24, 2.45) is 11.8 Å². The van der Waals surface area contributed by atoms with E-state index in [2.05, 4.69) is 48.5 Å². The standard InChI is InChI=1S/C14H19N3S/c1-10(2)6-11-4-3-5-12(7-11)14(17-15)13-8-18-9-16-13/h3-5,7-10,14,17H,6,15H2,1-2H3. The van der Waals surface area contributed by atoms with Gasteiger partial charge in [-0.3, -0.25) is 5.84 Å². The van der Waals surface area contributed by atoms with E-state index in [9.17, 15) is 0 Å². The van der Waals surface area contributed by atoms with Gasteiger partial charge in [0, 0.05) is 5.38 Å². The van der Waals surface area contributed by atoms with Crippen molar-refractivity contribution in [2.45, 2.75) is 26.3 Å². The quantitative estimate of drug-likeness (QED) is 0.643. The lowest BCUT2D eigenvalue weighted by Gasteiger charge is -2.15. The van der Waals surface area contributed by atoms with Crippen LogP contribution in [0, 0.1) is 5.92 Å². The number of hydrogen-bond donors (Lipinski definition) is 2. The van der Waals surface area contributed by atoms with Crippen LogP contribution in [-0.2, 0) is 6.42 Å². The predicted molar refractivity (Wildman–Crippen MR) is 76.3 cm³/mol. The molecule has 0 saturated heterocycles. The van der Waals surface area contributed by atoms with Crippen molar-refractivity contribution in [1.82, 2.24) is 10.4 Å². The van der Waals surface area contributed by atoms with Gasteiger partial charge in [-0.25, -0.2) is 10.4 Å². The molecule has 96 valence electrons. The number of benzene rings is 1. The SMILES string of the molecule is CC(C)Cc1cccc(C(NN)c2cscn2)c1. The first-order valence-corrected chi connectivity index (χ1v) is 7.08. The number of nitrogens with zero attached hydrogens (tertiary/aromatic N) is 1. The van der Waals surface area contributed by atoms with Crippen LogP contribution >= 0.6 is 11.3 Å². The molecule has 2 aromatic rings. The van der Waals surface area contributed by atoms with Gasteiger partial charge >= 0.3 is 0 Å². The van der Waals surface area contributed by atoms with Gasteiger partial charge in [0.25, 0.3) is 0 Å². The molecule has 1 heterocycles. The van der Waals surface area contributed by atoms with E-state index >= 15 is 0 Å². The fraction of sp³-hybridized carbons (Fsp3) is 0.357. The van der Waals surface area contributed by atoms with E-state index in [1.165, 1.54) is 11.1 Å². The zero-order valence-electron chi connectivity index (χ0n) is 10.8. The molecule has 1 aromatic carbocycles. The molecular formula is C14H19N3S. The highest BCUT2D eigenvalue weighted by atomic mass is 32.1. The second-order valence-corrected chi connectivity index (χ2v) is 5.57. The Morgan fingerprint density at radius 3 is 2.83 bits per heavy atom. The number of aromatic nitrogens is 1. The van der Waals surface area contributed by atoms with Crippen molar-refractivity contribution in [3.8, 4) is 0 Å². The van der Waals surface area contributed by atoms with E-state index in [0.29, 0.717) is 5.92 Å². The topological polar surface area (TPSA) is 50.9 Å². The van der Waals surface area contributed by atoms with Crippen LogP contribution in [-0.4, -0.2) is 4.98 Å². The molecule has 0 radical (unpaired) electrons. The highest BCUT2D eigenvalue weighted by Crippen LogP contribution is 2.22. The Balaban J connectivity index is 2.26. The highest BCUT2D eigenvalue weighted by molar-refractivity contribution is 7.07. The number of thiazole rings is 1. The molecule has 0 bridgehead atoms. The molecular weight excluding hydrogens is 242 g/mol. The van der Waals surface area contributed by atoms with Crippen LogP contribution in [0.25, 0.3) is 0 Å². The van der Waals surface area contributed by atoms with E-state index in [0.717, 1.165) is 12.1 Å². The van der Waals surface area contributed by atoms with Gasteiger partial charge in [-0.15, -0.1) is 11.3 Å². The van der Waals surface area contributed by atoms with Gasteiger partial charge in [-0.2, -0.15) is 0 Å².